The van der Waals surface area contributed by atoms with E-state index in [1.807, 2.05) is 12.1 Å². The van der Waals surface area contributed by atoms with Gasteiger partial charge in [-0.15, -0.1) is 11.3 Å². The minimum Gasteiger partial charge on any atom is -0.490 e. The quantitative estimate of drug-likeness (QED) is 0.297. The van der Waals surface area contributed by atoms with Gasteiger partial charge in [0, 0.05) is 10.8 Å². The average Bonchev–Trinajstić information content (AvgIpc) is 3.18. The summed E-state index contributed by atoms with van der Waals surface area (Å²) in [6.07, 6.45) is 7.95. The molecule has 1 aliphatic rings. The number of hydrogen-bond donors (Lipinski definition) is 0. The van der Waals surface area contributed by atoms with Gasteiger partial charge < -0.3 is 9.47 Å². The van der Waals surface area contributed by atoms with Gasteiger partial charge in [0.15, 0.2) is 23.1 Å². The van der Waals surface area contributed by atoms with Gasteiger partial charge in [-0.1, -0.05) is 40.0 Å². The van der Waals surface area contributed by atoms with Crippen LogP contribution in [0.4, 0.5) is 8.78 Å². The van der Waals surface area contributed by atoms with E-state index in [1.165, 1.54) is 19.3 Å². The van der Waals surface area contributed by atoms with E-state index < -0.39 is 5.82 Å². The molecule has 4 rings (SSSR count). The Morgan fingerprint density at radius 2 is 1.44 bits per heavy atom. The van der Waals surface area contributed by atoms with Crippen molar-refractivity contribution >= 4 is 31.5 Å². The Kier molecular flexibility index (Phi) is 7.55. The van der Waals surface area contributed by atoms with E-state index in [0.717, 1.165) is 53.7 Å². The first kappa shape index (κ1) is 23.3. The lowest BCUT2D eigenvalue weighted by molar-refractivity contribution is 0.177. The van der Waals surface area contributed by atoms with Crippen molar-refractivity contribution in [1.82, 2.24) is 0 Å². The largest absolute Gasteiger partial charge is 0.490 e. The average molecular weight is 461 g/mol. The predicted octanol–water partition coefficient (Wildman–Crippen LogP) is 8.74. The fourth-order valence-electron chi connectivity index (χ4n) is 4.71. The minimum absolute atomic E-state index is 0.243. The molecule has 1 fully saturated rings. The van der Waals surface area contributed by atoms with Crippen LogP contribution in [0.1, 0.15) is 65.7 Å². The van der Waals surface area contributed by atoms with Gasteiger partial charge in [0.2, 0.25) is 0 Å². The third-order valence-electron chi connectivity index (χ3n) is 6.82. The zero-order chi connectivity index (χ0) is 22.7. The van der Waals surface area contributed by atoms with Crippen LogP contribution in [-0.2, 0) is 0 Å². The lowest BCUT2D eigenvalue weighted by atomic mass is 9.81. The molecule has 5 heteroatoms. The maximum atomic E-state index is 15.3. The molecule has 1 aliphatic carbocycles. The summed E-state index contributed by atoms with van der Waals surface area (Å²) in [6.45, 7) is 7.60. The molecule has 0 atom stereocenters. The summed E-state index contributed by atoms with van der Waals surface area (Å²) in [4.78, 5) is 0. The smallest absolute Gasteiger partial charge is 0.182 e. The summed E-state index contributed by atoms with van der Waals surface area (Å²) in [6, 6.07) is 7.04. The van der Waals surface area contributed by atoms with Gasteiger partial charge in [-0.2, -0.15) is 0 Å². The monoisotopic (exact) mass is 460 g/mol. The molecular formula is C27H34F2O2S. The summed E-state index contributed by atoms with van der Waals surface area (Å²) >= 11 is 1.14. The molecule has 3 aromatic rings. The van der Waals surface area contributed by atoms with Crippen molar-refractivity contribution in [3.8, 4) is 11.5 Å². The highest BCUT2D eigenvalue weighted by molar-refractivity contribution is 7.25. The van der Waals surface area contributed by atoms with Crippen molar-refractivity contribution < 1.29 is 18.3 Å². The fraction of sp³-hybridized carbons (Fsp3) is 0.556. The normalized spacial score (nSPS) is 19.2. The number of hydrogen-bond acceptors (Lipinski definition) is 3. The van der Waals surface area contributed by atoms with E-state index in [0.29, 0.717) is 34.4 Å². The molecule has 0 amide bonds. The van der Waals surface area contributed by atoms with Crippen molar-refractivity contribution in [3.63, 3.8) is 0 Å². The SMILES string of the molecule is CC[C@H]1CC[C@H](COc2ccc3c(sc4c(F)c(OCCCC(C)C)ccc43)c2F)CC1. The number of halogens is 2. The summed E-state index contributed by atoms with van der Waals surface area (Å²) < 4.78 is 42.8. The van der Waals surface area contributed by atoms with Crippen molar-refractivity contribution in [2.45, 2.75) is 65.7 Å². The molecule has 0 saturated heterocycles. The topological polar surface area (TPSA) is 18.5 Å². The Morgan fingerprint density at radius 1 is 0.875 bits per heavy atom. The Hall–Kier alpha value is -1.88. The van der Waals surface area contributed by atoms with E-state index >= 15 is 8.78 Å². The van der Waals surface area contributed by atoms with Crippen LogP contribution >= 0.6 is 11.3 Å². The number of ether oxygens (including phenoxy) is 2. The molecule has 174 valence electrons. The Morgan fingerprint density at radius 3 is 2.00 bits per heavy atom. The van der Waals surface area contributed by atoms with Crippen LogP contribution in [0.2, 0.25) is 0 Å². The molecule has 0 aliphatic heterocycles. The maximum absolute atomic E-state index is 15.3. The third kappa shape index (κ3) is 5.03. The van der Waals surface area contributed by atoms with Crippen LogP contribution in [0.5, 0.6) is 11.5 Å². The standard InChI is InChI=1S/C27H34F2O2S/c1-4-18-7-9-19(10-8-18)16-31-23-14-12-21-20-11-13-22(30-15-5-6-17(2)3)24(28)26(20)32-27(21)25(23)29/h11-14,17-19H,4-10,15-16H2,1-3H3/t18-,19-. The van der Waals surface area contributed by atoms with Crippen LogP contribution in [0.3, 0.4) is 0 Å². The van der Waals surface area contributed by atoms with Crippen LogP contribution in [0.15, 0.2) is 24.3 Å². The van der Waals surface area contributed by atoms with Gasteiger partial charge in [-0.25, -0.2) is 8.78 Å². The summed E-state index contributed by atoms with van der Waals surface area (Å²) in [5, 5.41) is 1.45. The second-order valence-electron chi connectivity index (χ2n) is 9.60. The van der Waals surface area contributed by atoms with Crippen LogP contribution in [0.25, 0.3) is 20.2 Å². The van der Waals surface area contributed by atoms with Gasteiger partial charge >= 0.3 is 0 Å². The van der Waals surface area contributed by atoms with E-state index in [-0.39, 0.29) is 17.3 Å². The van der Waals surface area contributed by atoms with Gasteiger partial charge in [-0.05, 0) is 67.7 Å². The van der Waals surface area contributed by atoms with Crippen molar-refractivity contribution in [1.29, 1.82) is 0 Å². The molecule has 2 nitrogen and oxygen atoms in total. The van der Waals surface area contributed by atoms with Crippen molar-refractivity contribution in [3.05, 3.63) is 35.9 Å². The van der Waals surface area contributed by atoms with E-state index in [2.05, 4.69) is 20.8 Å². The van der Waals surface area contributed by atoms with Crippen molar-refractivity contribution in [2.75, 3.05) is 13.2 Å². The molecular weight excluding hydrogens is 426 g/mol. The van der Waals surface area contributed by atoms with Gasteiger partial charge in [0.1, 0.15) is 0 Å². The highest BCUT2D eigenvalue weighted by Crippen LogP contribution is 2.42. The first-order valence-electron chi connectivity index (χ1n) is 12.1. The molecule has 0 N–H and O–H groups in total. The van der Waals surface area contributed by atoms with E-state index in [4.69, 9.17) is 9.47 Å². The first-order chi connectivity index (χ1) is 15.5. The van der Waals surface area contributed by atoms with Crippen molar-refractivity contribution in [2.24, 2.45) is 17.8 Å². The Labute approximate surface area is 193 Å². The zero-order valence-electron chi connectivity index (χ0n) is 19.4. The number of fused-ring (bicyclic) bond motifs is 3. The highest BCUT2D eigenvalue weighted by Gasteiger charge is 2.22. The molecule has 0 bridgehead atoms. The maximum Gasteiger partial charge on any atom is 0.182 e. The molecule has 1 heterocycles. The fourth-order valence-corrected chi connectivity index (χ4v) is 5.87. The number of benzene rings is 2. The molecule has 0 spiro atoms. The van der Waals surface area contributed by atoms with Gasteiger partial charge in [-0.3, -0.25) is 0 Å². The predicted molar refractivity (Wildman–Crippen MR) is 130 cm³/mol. The highest BCUT2D eigenvalue weighted by atomic mass is 32.1. The lowest BCUT2D eigenvalue weighted by Crippen LogP contribution is -2.20. The Bertz CT molecular complexity index is 1050. The molecule has 32 heavy (non-hydrogen) atoms. The molecule has 1 saturated carbocycles. The minimum atomic E-state index is -0.400. The molecule has 1 aromatic heterocycles. The van der Waals surface area contributed by atoms with E-state index in [9.17, 15) is 0 Å². The second-order valence-corrected chi connectivity index (χ2v) is 10.6. The van der Waals surface area contributed by atoms with Gasteiger partial charge in [0.05, 0.1) is 22.6 Å². The lowest BCUT2D eigenvalue weighted by Gasteiger charge is -2.27. The van der Waals surface area contributed by atoms with Crippen LogP contribution in [-0.4, -0.2) is 13.2 Å². The van der Waals surface area contributed by atoms with E-state index in [1.54, 1.807) is 12.1 Å². The molecule has 2 aromatic carbocycles. The number of rotatable bonds is 9. The summed E-state index contributed by atoms with van der Waals surface area (Å²) in [5.74, 6) is 1.64. The first-order valence-corrected chi connectivity index (χ1v) is 12.9. The van der Waals surface area contributed by atoms with Crippen LogP contribution < -0.4 is 9.47 Å². The summed E-state index contributed by atoms with van der Waals surface area (Å²) in [7, 11) is 0. The molecule has 0 unspecified atom stereocenters. The zero-order valence-corrected chi connectivity index (χ0v) is 20.2. The number of thiophene rings is 1. The third-order valence-corrected chi connectivity index (χ3v) is 8.03. The summed E-state index contributed by atoms with van der Waals surface area (Å²) in [5.41, 5.74) is 0. The Balaban J connectivity index is 1.49. The van der Waals surface area contributed by atoms with Crippen LogP contribution in [0, 0.1) is 29.4 Å². The van der Waals surface area contributed by atoms with Gasteiger partial charge in [0.25, 0.3) is 0 Å². The second kappa shape index (κ2) is 10.4. The molecule has 0 radical (unpaired) electrons.